The molecule has 0 aromatic carbocycles. The number of nitrogens with zero attached hydrogens (tertiary/aromatic N) is 3. The van der Waals surface area contributed by atoms with E-state index in [-0.39, 0.29) is 12.5 Å². The third-order valence-corrected chi connectivity index (χ3v) is 2.65. The minimum Gasteiger partial charge on any atom is -0.320 e. The molecule has 2 aromatic heterocycles. The summed E-state index contributed by atoms with van der Waals surface area (Å²) in [7, 11) is 0. The van der Waals surface area contributed by atoms with Crippen LogP contribution in [0.15, 0.2) is 24.3 Å². The number of carbonyl (C=O) groups is 1. The fraction of sp³-hybridized carbons (Fsp3) is 0.200. The first-order valence-corrected chi connectivity index (χ1v) is 6.38. The molecule has 3 N–H and O–H groups in total. The monoisotopic (exact) mass is 281 g/mol. The van der Waals surface area contributed by atoms with E-state index in [2.05, 4.69) is 32.3 Å². The molecule has 0 aliphatic carbocycles. The Labute approximate surface area is 122 Å². The van der Waals surface area contributed by atoms with Crippen LogP contribution >= 0.6 is 0 Å². The van der Waals surface area contributed by atoms with Crippen LogP contribution in [0.1, 0.15) is 27.4 Å². The predicted octanol–water partition coefficient (Wildman–Crippen LogP) is 1.05. The highest BCUT2D eigenvalue weighted by Gasteiger charge is 2.12. The molecule has 0 saturated heterocycles. The summed E-state index contributed by atoms with van der Waals surface area (Å²) >= 11 is 0. The maximum atomic E-state index is 12.2. The second-order valence-corrected chi connectivity index (χ2v) is 4.35. The summed E-state index contributed by atoms with van der Waals surface area (Å²) in [6.45, 7) is 3.78. The standard InChI is InChI=1S/C15H15N5O/c1-10-9-13(11(2)20-19-10)15(21)18-14-7-3-5-12(17-14)6-4-8-16/h3,5,7,9H,8,16H2,1-2H3,(H,17,18,21). The van der Waals surface area contributed by atoms with Gasteiger partial charge < -0.3 is 11.1 Å². The minimum atomic E-state index is -0.276. The van der Waals surface area contributed by atoms with E-state index in [1.165, 1.54) is 0 Å². The van der Waals surface area contributed by atoms with Crippen molar-refractivity contribution < 1.29 is 4.79 Å². The van der Waals surface area contributed by atoms with E-state index in [0.29, 0.717) is 28.5 Å². The molecule has 21 heavy (non-hydrogen) atoms. The normalized spacial score (nSPS) is 9.67. The van der Waals surface area contributed by atoms with Gasteiger partial charge >= 0.3 is 0 Å². The van der Waals surface area contributed by atoms with Gasteiger partial charge in [0.25, 0.3) is 5.91 Å². The van der Waals surface area contributed by atoms with E-state index in [9.17, 15) is 4.79 Å². The molecule has 106 valence electrons. The van der Waals surface area contributed by atoms with Gasteiger partial charge in [-0.05, 0) is 38.0 Å². The number of nitrogens with two attached hydrogens (primary N) is 1. The Bertz CT molecular complexity index is 730. The predicted molar refractivity (Wildman–Crippen MR) is 79.6 cm³/mol. The van der Waals surface area contributed by atoms with Crippen LogP contribution in [-0.2, 0) is 0 Å². The third-order valence-electron chi connectivity index (χ3n) is 2.65. The number of nitrogens with one attached hydrogen (secondary N) is 1. The molecule has 0 saturated carbocycles. The number of carbonyl (C=O) groups excluding carboxylic acids is 1. The summed E-state index contributed by atoms with van der Waals surface area (Å²) in [4.78, 5) is 16.5. The van der Waals surface area contributed by atoms with Gasteiger partial charge in [-0.25, -0.2) is 4.98 Å². The van der Waals surface area contributed by atoms with Gasteiger partial charge in [0, 0.05) is 0 Å². The van der Waals surface area contributed by atoms with Crippen LogP contribution in [0.2, 0.25) is 0 Å². The van der Waals surface area contributed by atoms with Crippen molar-refractivity contribution in [2.75, 3.05) is 11.9 Å². The van der Waals surface area contributed by atoms with Crippen molar-refractivity contribution in [1.82, 2.24) is 15.2 Å². The van der Waals surface area contributed by atoms with Crippen molar-refractivity contribution in [1.29, 1.82) is 0 Å². The fourth-order valence-electron chi connectivity index (χ4n) is 1.68. The summed E-state index contributed by atoms with van der Waals surface area (Å²) in [5.41, 5.74) is 7.60. The number of anilines is 1. The van der Waals surface area contributed by atoms with Gasteiger partial charge in [-0.3, -0.25) is 4.79 Å². The lowest BCUT2D eigenvalue weighted by molar-refractivity contribution is 0.102. The third kappa shape index (κ3) is 3.84. The highest BCUT2D eigenvalue weighted by Crippen LogP contribution is 2.10. The van der Waals surface area contributed by atoms with Gasteiger partial charge in [0.05, 0.1) is 23.5 Å². The molecule has 2 aromatic rings. The largest absolute Gasteiger partial charge is 0.320 e. The van der Waals surface area contributed by atoms with Gasteiger partial charge in [0.2, 0.25) is 0 Å². The molecule has 6 nitrogen and oxygen atoms in total. The molecule has 6 heteroatoms. The lowest BCUT2D eigenvalue weighted by Gasteiger charge is -2.07. The molecular weight excluding hydrogens is 266 g/mol. The van der Waals surface area contributed by atoms with Crippen molar-refractivity contribution in [2.24, 2.45) is 5.73 Å². The zero-order chi connectivity index (χ0) is 15.2. The van der Waals surface area contributed by atoms with E-state index >= 15 is 0 Å². The molecule has 2 heterocycles. The lowest BCUT2D eigenvalue weighted by Crippen LogP contribution is -2.16. The number of rotatable bonds is 2. The van der Waals surface area contributed by atoms with Gasteiger partial charge in [0.15, 0.2) is 0 Å². The van der Waals surface area contributed by atoms with Gasteiger partial charge in [-0.15, -0.1) is 0 Å². The number of hydrogen-bond donors (Lipinski definition) is 2. The second-order valence-electron chi connectivity index (χ2n) is 4.35. The Kier molecular flexibility index (Phi) is 4.59. The molecule has 0 atom stereocenters. The Hall–Kier alpha value is -2.78. The Morgan fingerprint density at radius 3 is 2.90 bits per heavy atom. The molecule has 2 rings (SSSR count). The maximum Gasteiger partial charge on any atom is 0.258 e. The number of pyridine rings is 1. The van der Waals surface area contributed by atoms with Crippen molar-refractivity contribution >= 4 is 11.7 Å². The SMILES string of the molecule is Cc1cc(C(=O)Nc2cccc(C#CCN)n2)c(C)nn1. The topological polar surface area (TPSA) is 93.8 Å². The first-order valence-electron chi connectivity index (χ1n) is 6.38. The van der Waals surface area contributed by atoms with Crippen LogP contribution in [-0.4, -0.2) is 27.6 Å². The van der Waals surface area contributed by atoms with Crippen molar-refractivity contribution in [2.45, 2.75) is 13.8 Å². The quantitative estimate of drug-likeness (QED) is 0.802. The number of amides is 1. The zero-order valence-corrected chi connectivity index (χ0v) is 11.8. The smallest absolute Gasteiger partial charge is 0.258 e. The van der Waals surface area contributed by atoms with Crippen LogP contribution in [0.3, 0.4) is 0 Å². The molecule has 0 fully saturated rings. The van der Waals surface area contributed by atoms with Crippen molar-refractivity contribution in [3.63, 3.8) is 0 Å². The molecule has 0 radical (unpaired) electrons. The van der Waals surface area contributed by atoms with Gasteiger partial charge in [0.1, 0.15) is 11.5 Å². The van der Waals surface area contributed by atoms with E-state index in [1.54, 1.807) is 38.1 Å². The average Bonchev–Trinajstić information content (AvgIpc) is 2.48. The number of aromatic nitrogens is 3. The molecular formula is C15H15N5O. The highest BCUT2D eigenvalue weighted by molar-refractivity contribution is 6.04. The van der Waals surface area contributed by atoms with E-state index < -0.39 is 0 Å². The summed E-state index contributed by atoms with van der Waals surface area (Å²) in [5.74, 6) is 5.69. The summed E-state index contributed by atoms with van der Waals surface area (Å²) in [6, 6.07) is 6.91. The summed E-state index contributed by atoms with van der Waals surface area (Å²) in [5, 5.41) is 10.6. The first kappa shape index (κ1) is 14.6. The van der Waals surface area contributed by atoms with Crippen molar-refractivity contribution in [3.05, 3.63) is 46.9 Å². The fourth-order valence-corrected chi connectivity index (χ4v) is 1.68. The van der Waals surface area contributed by atoms with Gasteiger partial charge in [-0.2, -0.15) is 10.2 Å². The van der Waals surface area contributed by atoms with E-state index in [4.69, 9.17) is 5.73 Å². The number of aryl methyl sites for hydroxylation is 2. The minimum absolute atomic E-state index is 0.263. The maximum absolute atomic E-state index is 12.2. The van der Waals surface area contributed by atoms with Crippen LogP contribution < -0.4 is 11.1 Å². The van der Waals surface area contributed by atoms with Crippen LogP contribution in [0.5, 0.6) is 0 Å². The first-order chi connectivity index (χ1) is 10.1. The molecule has 0 unspecified atom stereocenters. The number of hydrogen-bond acceptors (Lipinski definition) is 5. The molecule has 0 aliphatic rings. The lowest BCUT2D eigenvalue weighted by atomic mass is 10.2. The molecule has 0 aliphatic heterocycles. The van der Waals surface area contributed by atoms with Gasteiger partial charge in [-0.1, -0.05) is 12.0 Å². The highest BCUT2D eigenvalue weighted by atomic mass is 16.1. The summed E-state index contributed by atoms with van der Waals surface area (Å²) < 4.78 is 0. The molecule has 0 bridgehead atoms. The Morgan fingerprint density at radius 1 is 1.33 bits per heavy atom. The Balaban J connectivity index is 2.21. The summed E-state index contributed by atoms with van der Waals surface area (Å²) in [6.07, 6.45) is 0. The van der Waals surface area contributed by atoms with Crippen LogP contribution in [0.4, 0.5) is 5.82 Å². The second kappa shape index (κ2) is 6.59. The van der Waals surface area contributed by atoms with E-state index in [0.717, 1.165) is 0 Å². The van der Waals surface area contributed by atoms with Crippen molar-refractivity contribution in [3.8, 4) is 11.8 Å². The zero-order valence-electron chi connectivity index (χ0n) is 11.8. The molecule has 0 spiro atoms. The Morgan fingerprint density at radius 2 is 2.14 bits per heavy atom. The van der Waals surface area contributed by atoms with Crippen LogP contribution in [0, 0.1) is 25.7 Å². The van der Waals surface area contributed by atoms with E-state index in [1.807, 2.05) is 0 Å². The van der Waals surface area contributed by atoms with Crippen LogP contribution in [0.25, 0.3) is 0 Å². The average molecular weight is 281 g/mol. The molecule has 1 amide bonds.